The first kappa shape index (κ1) is 14.7. The van der Waals surface area contributed by atoms with E-state index in [1.54, 1.807) is 12.1 Å². The van der Waals surface area contributed by atoms with E-state index < -0.39 is 11.6 Å². The molecule has 1 aliphatic heterocycles. The van der Waals surface area contributed by atoms with Crippen LogP contribution in [0.2, 0.25) is 5.02 Å². The van der Waals surface area contributed by atoms with Gasteiger partial charge in [-0.15, -0.1) is 0 Å². The number of hydrogen-bond donors (Lipinski definition) is 0. The zero-order chi connectivity index (χ0) is 15.7. The Morgan fingerprint density at radius 3 is 2.64 bits per heavy atom. The average Bonchev–Trinajstić information content (AvgIpc) is 2.97. The Morgan fingerprint density at radius 2 is 1.95 bits per heavy atom. The monoisotopic (exact) mass is 319 g/mol. The number of anilines is 1. The van der Waals surface area contributed by atoms with Gasteiger partial charge in [-0.25, -0.2) is 13.8 Å². The molecule has 0 aliphatic carbocycles. The minimum Gasteiger partial charge on any atom is -0.356 e. The Hall–Kier alpha value is -2.19. The standard InChI is InChI=1S/C16H12ClF2N3/c17-11-4-5-15(21-14(11)8-20)22-7-6-10(9-22)16-12(18)2-1-3-13(16)19/h1-5,10H,6-7,9H2. The van der Waals surface area contributed by atoms with Gasteiger partial charge in [-0.05, 0) is 30.7 Å². The number of halogens is 3. The van der Waals surface area contributed by atoms with E-state index in [-0.39, 0.29) is 17.2 Å². The predicted octanol–water partition coefficient (Wildman–Crippen LogP) is 3.88. The topological polar surface area (TPSA) is 39.9 Å². The fraction of sp³-hybridized carbons (Fsp3) is 0.250. The minimum absolute atomic E-state index is 0.125. The second kappa shape index (κ2) is 5.90. The number of benzene rings is 1. The minimum atomic E-state index is -0.520. The van der Waals surface area contributed by atoms with Gasteiger partial charge in [0.1, 0.15) is 23.5 Å². The lowest BCUT2D eigenvalue weighted by Crippen LogP contribution is -2.21. The second-order valence-corrected chi connectivity index (χ2v) is 5.59. The lowest BCUT2D eigenvalue weighted by molar-refractivity contribution is 0.533. The maximum atomic E-state index is 13.9. The number of nitriles is 1. The first-order chi connectivity index (χ1) is 10.6. The molecule has 22 heavy (non-hydrogen) atoms. The van der Waals surface area contributed by atoms with Gasteiger partial charge in [0.25, 0.3) is 0 Å². The number of rotatable bonds is 2. The van der Waals surface area contributed by atoms with Crippen molar-refractivity contribution in [1.29, 1.82) is 5.26 Å². The van der Waals surface area contributed by atoms with Gasteiger partial charge in [0.05, 0.1) is 5.02 Å². The Morgan fingerprint density at radius 1 is 1.23 bits per heavy atom. The molecule has 112 valence electrons. The molecule has 1 aliphatic rings. The van der Waals surface area contributed by atoms with E-state index in [4.69, 9.17) is 16.9 Å². The van der Waals surface area contributed by atoms with Crippen LogP contribution < -0.4 is 4.90 Å². The Labute approximate surface area is 131 Å². The molecule has 1 aromatic heterocycles. The first-order valence-corrected chi connectivity index (χ1v) is 7.23. The van der Waals surface area contributed by atoms with E-state index in [0.717, 1.165) is 0 Å². The summed E-state index contributed by atoms with van der Waals surface area (Å²) in [5, 5.41) is 9.27. The highest BCUT2D eigenvalue weighted by atomic mass is 35.5. The van der Waals surface area contributed by atoms with E-state index in [9.17, 15) is 8.78 Å². The van der Waals surface area contributed by atoms with Gasteiger partial charge < -0.3 is 4.90 Å². The summed E-state index contributed by atoms with van der Waals surface area (Å²) in [4.78, 5) is 6.10. The summed E-state index contributed by atoms with van der Waals surface area (Å²) in [6.07, 6.45) is 0.629. The van der Waals surface area contributed by atoms with Crippen LogP contribution in [0.25, 0.3) is 0 Å². The van der Waals surface area contributed by atoms with Crippen LogP contribution in [0.1, 0.15) is 23.6 Å². The van der Waals surface area contributed by atoms with Crippen LogP contribution >= 0.6 is 11.6 Å². The molecule has 1 aromatic carbocycles. The van der Waals surface area contributed by atoms with Crippen LogP contribution in [-0.4, -0.2) is 18.1 Å². The maximum Gasteiger partial charge on any atom is 0.161 e. The quantitative estimate of drug-likeness (QED) is 0.843. The third-order valence-corrected chi connectivity index (χ3v) is 4.16. The van der Waals surface area contributed by atoms with E-state index in [1.807, 2.05) is 11.0 Å². The SMILES string of the molecule is N#Cc1nc(N2CCC(c3c(F)cccc3F)C2)ccc1Cl. The fourth-order valence-electron chi connectivity index (χ4n) is 2.79. The summed E-state index contributed by atoms with van der Waals surface area (Å²) in [6.45, 7) is 1.08. The summed E-state index contributed by atoms with van der Waals surface area (Å²) < 4.78 is 27.7. The summed E-state index contributed by atoms with van der Waals surface area (Å²) in [6, 6.07) is 9.16. The average molecular weight is 320 g/mol. The van der Waals surface area contributed by atoms with Crippen molar-refractivity contribution in [2.45, 2.75) is 12.3 Å². The fourth-order valence-corrected chi connectivity index (χ4v) is 2.94. The molecular weight excluding hydrogens is 308 g/mol. The Bertz CT molecular complexity index is 737. The van der Waals surface area contributed by atoms with E-state index in [0.29, 0.717) is 30.4 Å². The van der Waals surface area contributed by atoms with Gasteiger partial charge in [0.2, 0.25) is 0 Å². The molecule has 0 radical (unpaired) electrons. The van der Waals surface area contributed by atoms with E-state index in [1.165, 1.54) is 18.2 Å². The van der Waals surface area contributed by atoms with Crippen molar-refractivity contribution >= 4 is 17.4 Å². The van der Waals surface area contributed by atoms with Crippen molar-refractivity contribution in [1.82, 2.24) is 4.98 Å². The number of nitrogens with zero attached hydrogens (tertiary/aromatic N) is 3. The first-order valence-electron chi connectivity index (χ1n) is 6.85. The smallest absolute Gasteiger partial charge is 0.161 e. The summed E-state index contributed by atoms with van der Waals surface area (Å²) in [7, 11) is 0. The predicted molar refractivity (Wildman–Crippen MR) is 79.9 cm³/mol. The van der Waals surface area contributed by atoms with Crippen molar-refractivity contribution < 1.29 is 8.78 Å². The number of pyridine rings is 1. The van der Waals surface area contributed by atoms with Crippen molar-refractivity contribution in [2.75, 3.05) is 18.0 Å². The van der Waals surface area contributed by atoms with Crippen LogP contribution in [0.5, 0.6) is 0 Å². The number of hydrogen-bond acceptors (Lipinski definition) is 3. The van der Waals surface area contributed by atoms with Crippen molar-refractivity contribution in [3.63, 3.8) is 0 Å². The lowest BCUT2D eigenvalue weighted by atomic mass is 9.97. The zero-order valence-electron chi connectivity index (χ0n) is 11.6. The molecule has 0 amide bonds. The van der Waals surface area contributed by atoms with Crippen molar-refractivity contribution in [3.8, 4) is 6.07 Å². The molecule has 6 heteroatoms. The summed E-state index contributed by atoms with van der Waals surface area (Å²) in [5.74, 6) is -0.674. The maximum absolute atomic E-state index is 13.9. The molecule has 1 fully saturated rings. The zero-order valence-corrected chi connectivity index (χ0v) is 12.3. The molecule has 1 atom stereocenters. The molecule has 2 heterocycles. The highest BCUT2D eigenvalue weighted by Crippen LogP contribution is 2.33. The van der Waals surface area contributed by atoms with E-state index in [2.05, 4.69) is 4.98 Å². The highest BCUT2D eigenvalue weighted by molar-refractivity contribution is 6.31. The van der Waals surface area contributed by atoms with Gasteiger partial charge in [0.15, 0.2) is 5.69 Å². The third kappa shape index (κ3) is 2.62. The number of aromatic nitrogens is 1. The molecule has 1 unspecified atom stereocenters. The third-order valence-electron chi connectivity index (χ3n) is 3.86. The van der Waals surface area contributed by atoms with Crippen LogP contribution in [0.3, 0.4) is 0 Å². The molecule has 3 rings (SSSR count). The molecule has 0 bridgehead atoms. The second-order valence-electron chi connectivity index (χ2n) is 5.18. The van der Waals surface area contributed by atoms with Crippen LogP contribution in [0.15, 0.2) is 30.3 Å². The Balaban J connectivity index is 1.85. The van der Waals surface area contributed by atoms with Gasteiger partial charge in [-0.3, -0.25) is 0 Å². The van der Waals surface area contributed by atoms with E-state index >= 15 is 0 Å². The molecule has 0 N–H and O–H groups in total. The lowest BCUT2D eigenvalue weighted by Gasteiger charge is -2.18. The van der Waals surface area contributed by atoms with Crippen LogP contribution in [-0.2, 0) is 0 Å². The molecule has 3 nitrogen and oxygen atoms in total. The Kier molecular flexibility index (Phi) is 3.95. The van der Waals surface area contributed by atoms with Crippen molar-refractivity contribution in [2.24, 2.45) is 0 Å². The molecule has 0 saturated carbocycles. The van der Waals surface area contributed by atoms with Crippen molar-refractivity contribution in [3.05, 3.63) is 58.2 Å². The van der Waals surface area contributed by atoms with Crippen LogP contribution in [0, 0.1) is 23.0 Å². The van der Waals surface area contributed by atoms with Gasteiger partial charge in [-0.2, -0.15) is 5.26 Å². The molecule has 0 spiro atoms. The molecule has 1 saturated heterocycles. The highest BCUT2D eigenvalue weighted by Gasteiger charge is 2.29. The largest absolute Gasteiger partial charge is 0.356 e. The molecular formula is C16H12ClF2N3. The van der Waals surface area contributed by atoms with Gasteiger partial charge >= 0.3 is 0 Å². The van der Waals surface area contributed by atoms with Gasteiger partial charge in [-0.1, -0.05) is 17.7 Å². The molecule has 2 aromatic rings. The van der Waals surface area contributed by atoms with Crippen LogP contribution in [0.4, 0.5) is 14.6 Å². The normalized spacial score (nSPS) is 17.5. The summed E-state index contributed by atoms with van der Waals surface area (Å²) >= 11 is 5.87. The summed E-state index contributed by atoms with van der Waals surface area (Å²) in [5.41, 5.74) is 0.277. The van der Waals surface area contributed by atoms with Gasteiger partial charge in [0, 0.05) is 24.6 Å².